The van der Waals surface area contributed by atoms with Crippen molar-refractivity contribution in [3.63, 3.8) is 0 Å². The van der Waals surface area contributed by atoms with Gasteiger partial charge >= 0.3 is 0 Å². The summed E-state index contributed by atoms with van der Waals surface area (Å²) in [5, 5.41) is 20.6. The molecule has 7 nitrogen and oxygen atoms in total. The second-order valence-electron chi connectivity index (χ2n) is 6.68. The largest absolute Gasteiger partial charge is 0.395 e. The van der Waals surface area contributed by atoms with Crippen molar-refractivity contribution in [1.82, 2.24) is 4.90 Å². The SMILES string of the molecule is O=S(=O)(/N=C1/C=C2N(CCO)CCOC2(O)c2ccccc21)c1ccc(F)cc1. The van der Waals surface area contributed by atoms with Crippen molar-refractivity contribution in [2.24, 2.45) is 4.40 Å². The van der Waals surface area contributed by atoms with Crippen LogP contribution in [0.1, 0.15) is 11.1 Å². The minimum absolute atomic E-state index is 0.123. The summed E-state index contributed by atoms with van der Waals surface area (Å²) in [5.41, 5.74) is 1.21. The number of fused-ring (bicyclic) bond motifs is 3. The average Bonchev–Trinajstić information content (AvgIpc) is 2.70. The van der Waals surface area contributed by atoms with Gasteiger partial charge in [-0.05, 0) is 30.3 Å². The highest BCUT2D eigenvalue weighted by Crippen LogP contribution is 2.41. The number of hydrogen-bond acceptors (Lipinski definition) is 6. The molecule has 0 spiro atoms. The Kier molecular flexibility index (Phi) is 4.99. The summed E-state index contributed by atoms with van der Waals surface area (Å²) in [5.74, 6) is -2.31. The van der Waals surface area contributed by atoms with E-state index in [-0.39, 0.29) is 30.4 Å². The number of allylic oxidation sites excluding steroid dienone is 1. The van der Waals surface area contributed by atoms with E-state index in [1.807, 2.05) is 0 Å². The van der Waals surface area contributed by atoms with E-state index in [2.05, 4.69) is 4.40 Å². The Balaban J connectivity index is 1.88. The standard InChI is InChI=1S/C20H19FN2O5S/c21-14-5-7-15(8-6-14)29(26,27)22-18-13-19-20(25,17-4-2-1-3-16(17)18)28-12-10-23(19)9-11-24/h1-8,13,24-25H,9-12H2/b22-18-. The summed E-state index contributed by atoms with van der Waals surface area (Å²) in [7, 11) is -4.12. The molecule has 0 saturated carbocycles. The lowest BCUT2D eigenvalue weighted by Gasteiger charge is -2.45. The zero-order valence-corrected chi connectivity index (χ0v) is 16.1. The van der Waals surface area contributed by atoms with E-state index in [9.17, 15) is 23.0 Å². The maximum absolute atomic E-state index is 13.2. The van der Waals surface area contributed by atoms with Crippen LogP contribution in [-0.4, -0.2) is 55.5 Å². The molecule has 1 heterocycles. The number of aliphatic hydroxyl groups is 2. The number of aliphatic hydroxyl groups excluding tert-OH is 1. The van der Waals surface area contributed by atoms with E-state index in [0.29, 0.717) is 23.4 Å². The Morgan fingerprint density at radius 3 is 2.62 bits per heavy atom. The van der Waals surface area contributed by atoms with Crippen LogP contribution in [0.25, 0.3) is 0 Å². The van der Waals surface area contributed by atoms with E-state index < -0.39 is 21.6 Å². The van der Waals surface area contributed by atoms with Gasteiger partial charge in [0.25, 0.3) is 10.0 Å². The highest BCUT2D eigenvalue weighted by molar-refractivity contribution is 7.90. The number of halogens is 1. The Labute approximate surface area is 167 Å². The van der Waals surface area contributed by atoms with Crippen LogP contribution in [0, 0.1) is 5.82 Å². The molecule has 0 bridgehead atoms. The first-order valence-electron chi connectivity index (χ1n) is 9.00. The summed E-state index contributed by atoms with van der Waals surface area (Å²) >= 11 is 0. The van der Waals surface area contributed by atoms with E-state index >= 15 is 0 Å². The molecule has 9 heteroatoms. The van der Waals surface area contributed by atoms with Crippen LogP contribution in [-0.2, 0) is 20.5 Å². The molecular formula is C20H19FN2O5S. The topological polar surface area (TPSA) is 99.4 Å². The van der Waals surface area contributed by atoms with Crippen LogP contribution in [0.2, 0.25) is 0 Å². The fraction of sp³-hybridized carbons (Fsp3) is 0.250. The quantitative estimate of drug-likeness (QED) is 0.778. The number of rotatable bonds is 4. The normalized spacial score (nSPS) is 22.8. The molecule has 0 radical (unpaired) electrons. The molecule has 2 aromatic rings. The van der Waals surface area contributed by atoms with Crippen molar-refractivity contribution in [3.8, 4) is 0 Å². The third-order valence-corrected chi connectivity index (χ3v) is 6.21. The second kappa shape index (κ2) is 7.34. The van der Waals surface area contributed by atoms with E-state index in [0.717, 1.165) is 24.3 Å². The van der Waals surface area contributed by atoms with Gasteiger partial charge in [-0.25, -0.2) is 4.39 Å². The highest BCUT2D eigenvalue weighted by atomic mass is 32.2. The number of β-amino-alcohol motifs (C(OH)–C–C–N with tert-alkyl or cyclic N) is 1. The summed E-state index contributed by atoms with van der Waals surface area (Å²) in [6.45, 7) is 0.768. The average molecular weight is 418 g/mol. The van der Waals surface area contributed by atoms with Gasteiger partial charge in [0.05, 0.1) is 29.5 Å². The van der Waals surface area contributed by atoms with Crippen LogP contribution in [0.5, 0.6) is 0 Å². The zero-order valence-electron chi connectivity index (χ0n) is 15.3. The molecule has 152 valence electrons. The minimum Gasteiger partial charge on any atom is -0.395 e. The molecule has 1 saturated heterocycles. The first kappa shape index (κ1) is 19.7. The Morgan fingerprint density at radius 2 is 1.90 bits per heavy atom. The van der Waals surface area contributed by atoms with Gasteiger partial charge in [-0.1, -0.05) is 24.3 Å². The summed E-state index contributed by atoms with van der Waals surface area (Å²) in [4.78, 5) is 1.59. The summed E-state index contributed by atoms with van der Waals surface area (Å²) in [6, 6.07) is 11.1. The van der Waals surface area contributed by atoms with Gasteiger partial charge in [-0.2, -0.15) is 12.8 Å². The van der Waals surface area contributed by atoms with Crippen LogP contribution in [0.15, 0.2) is 69.6 Å². The molecule has 2 aliphatic rings. The van der Waals surface area contributed by atoms with Crippen LogP contribution in [0.4, 0.5) is 4.39 Å². The Bertz CT molecular complexity index is 1100. The molecule has 1 unspecified atom stereocenters. The molecule has 0 aromatic heterocycles. The molecular weight excluding hydrogens is 399 g/mol. The summed E-state index contributed by atoms with van der Waals surface area (Å²) in [6.07, 6.45) is 1.46. The Morgan fingerprint density at radius 1 is 1.17 bits per heavy atom. The monoisotopic (exact) mass is 418 g/mol. The molecule has 29 heavy (non-hydrogen) atoms. The van der Waals surface area contributed by atoms with Gasteiger partial charge < -0.3 is 19.8 Å². The first-order valence-corrected chi connectivity index (χ1v) is 10.4. The third-order valence-electron chi connectivity index (χ3n) is 4.90. The first-order chi connectivity index (χ1) is 13.8. The van der Waals surface area contributed by atoms with Gasteiger partial charge in [-0.3, -0.25) is 0 Å². The van der Waals surface area contributed by atoms with Gasteiger partial charge in [0.2, 0.25) is 5.79 Å². The van der Waals surface area contributed by atoms with Gasteiger partial charge in [0.1, 0.15) is 5.82 Å². The minimum atomic E-state index is -4.12. The lowest BCUT2D eigenvalue weighted by molar-refractivity contribution is -0.219. The van der Waals surface area contributed by atoms with Crippen molar-refractivity contribution in [2.45, 2.75) is 10.7 Å². The maximum Gasteiger partial charge on any atom is 0.282 e. The fourth-order valence-corrected chi connectivity index (χ4v) is 4.54. The predicted molar refractivity (Wildman–Crippen MR) is 103 cm³/mol. The zero-order chi connectivity index (χ0) is 20.6. The lowest BCUT2D eigenvalue weighted by atomic mass is 9.86. The molecule has 1 aliphatic heterocycles. The molecule has 4 rings (SSSR count). The van der Waals surface area contributed by atoms with E-state index in [1.165, 1.54) is 6.08 Å². The number of nitrogens with zero attached hydrogens (tertiary/aromatic N) is 2. The summed E-state index contributed by atoms with van der Waals surface area (Å²) < 4.78 is 48.4. The predicted octanol–water partition coefficient (Wildman–Crippen LogP) is 1.37. The second-order valence-corrected chi connectivity index (χ2v) is 8.29. The van der Waals surface area contributed by atoms with Crippen LogP contribution >= 0.6 is 0 Å². The number of sulfonamides is 1. The van der Waals surface area contributed by atoms with Crippen LogP contribution < -0.4 is 0 Å². The maximum atomic E-state index is 13.2. The number of benzene rings is 2. The van der Waals surface area contributed by atoms with Crippen LogP contribution in [0.3, 0.4) is 0 Å². The van der Waals surface area contributed by atoms with Gasteiger partial charge in [0.15, 0.2) is 0 Å². The highest BCUT2D eigenvalue weighted by Gasteiger charge is 2.46. The van der Waals surface area contributed by atoms with Crippen molar-refractivity contribution in [2.75, 3.05) is 26.3 Å². The number of ether oxygens (including phenoxy) is 1. The van der Waals surface area contributed by atoms with Crippen molar-refractivity contribution in [1.29, 1.82) is 0 Å². The van der Waals surface area contributed by atoms with Gasteiger partial charge in [0, 0.05) is 24.2 Å². The fourth-order valence-electron chi connectivity index (χ4n) is 3.54. The molecule has 2 N–H and O–H groups in total. The van der Waals surface area contributed by atoms with Crippen molar-refractivity contribution in [3.05, 3.63) is 77.2 Å². The van der Waals surface area contributed by atoms with Crippen molar-refractivity contribution >= 4 is 15.7 Å². The van der Waals surface area contributed by atoms with E-state index in [4.69, 9.17) is 4.74 Å². The molecule has 1 atom stereocenters. The third kappa shape index (κ3) is 3.46. The lowest BCUT2D eigenvalue weighted by Crippen LogP contribution is -2.50. The van der Waals surface area contributed by atoms with Crippen molar-refractivity contribution < 1.29 is 27.8 Å². The Hall–Kier alpha value is -2.59. The molecule has 0 amide bonds. The molecule has 1 aliphatic carbocycles. The number of hydrogen-bond donors (Lipinski definition) is 2. The molecule has 2 aromatic carbocycles. The number of morpholine rings is 1. The smallest absolute Gasteiger partial charge is 0.282 e. The molecule has 1 fully saturated rings. The van der Waals surface area contributed by atoms with E-state index in [1.54, 1.807) is 29.2 Å². The van der Waals surface area contributed by atoms with Gasteiger partial charge in [-0.15, -0.1) is 0 Å².